The number of hydrogen-bond donors (Lipinski definition) is 2. The Kier molecular flexibility index (Phi) is 1.66. The van der Waals surface area contributed by atoms with Gasteiger partial charge in [0.1, 0.15) is 0 Å². The van der Waals surface area contributed by atoms with Crippen molar-refractivity contribution < 1.29 is 14.7 Å². The molecule has 4 nitrogen and oxygen atoms in total. The van der Waals surface area contributed by atoms with E-state index in [-0.39, 0.29) is 18.2 Å². The average Bonchev–Trinajstić information content (AvgIpc) is 2.13. The van der Waals surface area contributed by atoms with Gasteiger partial charge < -0.3 is 5.11 Å². The summed E-state index contributed by atoms with van der Waals surface area (Å²) in [4.78, 5) is 15.2. The quantitative estimate of drug-likeness (QED) is 0.536. The summed E-state index contributed by atoms with van der Waals surface area (Å²) >= 11 is 0. The molecule has 1 rings (SSSR count). The molecule has 10 heavy (non-hydrogen) atoms. The van der Waals surface area contributed by atoms with Crippen molar-refractivity contribution in [2.75, 3.05) is 0 Å². The van der Waals surface area contributed by atoms with Crippen LogP contribution >= 0.6 is 0 Å². The lowest BCUT2D eigenvalue weighted by Gasteiger charge is -2.22. The van der Waals surface area contributed by atoms with Crippen LogP contribution in [0.5, 0.6) is 0 Å². The van der Waals surface area contributed by atoms with Gasteiger partial charge in [0.15, 0.2) is 0 Å². The lowest BCUT2D eigenvalue weighted by atomic mass is 10.0. The number of amides is 1. The van der Waals surface area contributed by atoms with Crippen LogP contribution in [0.25, 0.3) is 0 Å². The number of hydroxylamine groups is 1. The molecule has 0 aromatic rings. The van der Waals surface area contributed by atoms with Gasteiger partial charge in [-0.05, 0) is 0 Å². The van der Waals surface area contributed by atoms with Crippen LogP contribution in [0.1, 0.15) is 20.3 Å². The van der Waals surface area contributed by atoms with E-state index >= 15 is 0 Å². The van der Waals surface area contributed by atoms with Crippen molar-refractivity contribution in [2.24, 2.45) is 5.92 Å². The van der Waals surface area contributed by atoms with E-state index in [1.807, 2.05) is 0 Å². The molecule has 58 valence electrons. The number of nitrogens with one attached hydrogen (secondary N) is 1. The van der Waals surface area contributed by atoms with Gasteiger partial charge in [0, 0.05) is 5.92 Å². The summed E-state index contributed by atoms with van der Waals surface area (Å²) in [6, 6.07) is 0. The van der Waals surface area contributed by atoms with Crippen molar-refractivity contribution in [3.8, 4) is 0 Å². The molecule has 1 aliphatic heterocycles. The normalized spacial score (nSPS) is 33.0. The number of carbonyl (C=O) groups excluding carboxylic acids is 1. The predicted molar refractivity (Wildman–Crippen MR) is 33.6 cm³/mol. The summed E-state index contributed by atoms with van der Waals surface area (Å²) in [7, 11) is 0. The smallest absolute Gasteiger partial charge is 0.249 e. The van der Waals surface area contributed by atoms with Crippen LogP contribution < -0.4 is 5.48 Å². The molecule has 1 unspecified atom stereocenters. The number of carbonyl (C=O) groups is 1. The standard InChI is InChI=1S/C6H11NO3/c1-4(2)6(9)3-5(8)7-10-6/h4,9H,3H2,1-2H3,(H,7,8). The van der Waals surface area contributed by atoms with E-state index < -0.39 is 5.79 Å². The molecule has 1 saturated heterocycles. The minimum Gasteiger partial charge on any atom is -0.363 e. The maximum absolute atomic E-state index is 10.6. The van der Waals surface area contributed by atoms with Crippen LogP contribution in [0.15, 0.2) is 0 Å². The first kappa shape index (κ1) is 7.50. The zero-order valence-corrected chi connectivity index (χ0v) is 6.05. The van der Waals surface area contributed by atoms with Crippen LogP contribution in [0.3, 0.4) is 0 Å². The molecular formula is C6H11NO3. The van der Waals surface area contributed by atoms with Crippen molar-refractivity contribution in [3.05, 3.63) is 0 Å². The van der Waals surface area contributed by atoms with Gasteiger partial charge in [-0.1, -0.05) is 13.8 Å². The fourth-order valence-corrected chi connectivity index (χ4v) is 0.769. The third kappa shape index (κ3) is 1.12. The zero-order chi connectivity index (χ0) is 7.78. The van der Waals surface area contributed by atoms with E-state index in [9.17, 15) is 9.90 Å². The van der Waals surface area contributed by atoms with Gasteiger partial charge in [-0.15, -0.1) is 0 Å². The summed E-state index contributed by atoms with van der Waals surface area (Å²) in [5.41, 5.74) is 2.10. The second-order valence-electron chi connectivity index (χ2n) is 2.80. The van der Waals surface area contributed by atoms with Crippen LogP contribution in [0, 0.1) is 5.92 Å². The van der Waals surface area contributed by atoms with Crippen molar-refractivity contribution in [1.82, 2.24) is 5.48 Å². The van der Waals surface area contributed by atoms with Crippen molar-refractivity contribution in [3.63, 3.8) is 0 Å². The van der Waals surface area contributed by atoms with Crippen molar-refractivity contribution in [2.45, 2.75) is 26.1 Å². The molecular weight excluding hydrogens is 134 g/mol. The van der Waals surface area contributed by atoms with Gasteiger partial charge >= 0.3 is 0 Å². The highest BCUT2D eigenvalue weighted by Gasteiger charge is 2.41. The van der Waals surface area contributed by atoms with Gasteiger partial charge in [0.05, 0.1) is 6.42 Å². The van der Waals surface area contributed by atoms with E-state index in [2.05, 4.69) is 10.3 Å². The minimum atomic E-state index is -1.29. The van der Waals surface area contributed by atoms with Crippen molar-refractivity contribution in [1.29, 1.82) is 0 Å². The molecule has 0 aromatic heterocycles. The molecule has 0 spiro atoms. The molecule has 1 aliphatic rings. The second kappa shape index (κ2) is 2.21. The van der Waals surface area contributed by atoms with Crippen LogP contribution in [-0.4, -0.2) is 16.8 Å². The first-order chi connectivity index (χ1) is 4.54. The molecule has 4 heteroatoms. The fraction of sp³-hybridized carbons (Fsp3) is 0.833. The number of hydrogen-bond acceptors (Lipinski definition) is 3. The predicted octanol–water partition coefficient (Wildman–Crippen LogP) is -0.217. The van der Waals surface area contributed by atoms with Gasteiger partial charge in [-0.25, -0.2) is 10.3 Å². The maximum Gasteiger partial charge on any atom is 0.249 e. The highest BCUT2D eigenvalue weighted by atomic mass is 16.8. The Morgan fingerprint density at radius 2 is 2.40 bits per heavy atom. The summed E-state index contributed by atoms with van der Waals surface area (Å²) in [5.74, 6) is -1.64. The SMILES string of the molecule is CC(C)C1(O)CC(=O)NO1. The summed E-state index contributed by atoms with van der Waals surface area (Å²) in [6.07, 6.45) is 0.0324. The topological polar surface area (TPSA) is 58.6 Å². The third-order valence-corrected chi connectivity index (χ3v) is 1.66. The van der Waals surface area contributed by atoms with E-state index in [0.29, 0.717) is 0 Å². The largest absolute Gasteiger partial charge is 0.363 e. The molecule has 0 bridgehead atoms. The van der Waals surface area contributed by atoms with Gasteiger partial charge in [-0.3, -0.25) is 4.79 Å². The number of aliphatic hydroxyl groups is 1. The van der Waals surface area contributed by atoms with Crippen LogP contribution in [-0.2, 0) is 9.63 Å². The van der Waals surface area contributed by atoms with Crippen LogP contribution in [0.2, 0.25) is 0 Å². The first-order valence-corrected chi connectivity index (χ1v) is 3.24. The van der Waals surface area contributed by atoms with E-state index in [4.69, 9.17) is 0 Å². The Morgan fingerprint density at radius 1 is 1.80 bits per heavy atom. The molecule has 1 fully saturated rings. The first-order valence-electron chi connectivity index (χ1n) is 3.24. The molecule has 1 amide bonds. The Bertz CT molecular complexity index is 157. The van der Waals surface area contributed by atoms with Gasteiger partial charge in [0.2, 0.25) is 11.7 Å². The molecule has 0 saturated carbocycles. The zero-order valence-electron chi connectivity index (χ0n) is 6.05. The molecule has 2 N–H and O–H groups in total. The molecule has 0 aliphatic carbocycles. The average molecular weight is 145 g/mol. The van der Waals surface area contributed by atoms with Gasteiger partial charge in [-0.2, -0.15) is 0 Å². The highest BCUT2D eigenvalue weighted by Crippen LogP contribution is 2.25. The molecule has 1 atom stereocenters. The molecule has 0 radical (unpaired) electrons. The summed E-state index contributed by atoms with van der Waals surface area (Å²) < 4.78 is 0. The lowest BCUT2D eigenvalue weighted by molar-refractivity contribution is -0.226. The Balaban J connectivity index is 2.63. The van der Waals surface area contributed by atoms with E-state index in [1.165, 1.54) is 0 Å². The molecule has 0 aromatic carbocycles. The highest BCUT2D eigenvalue weighted by molar-refractivity contribution is 5.77. The van der Waals surface area contributed by atoms with Gasteiger partial charge in [0.25, 0.3) is 0 Å². The molecule has 1 heterocycles. The Labute approximate surface area is 59.1 Å². The van der Waals surface area contributed by atoms with E-state index in [0.717, 1.165) is 0 Å². The van der Waals surface area contributed by atoms with E-state index in [1.54, 1.807) is 13.8 Å². The Morgan fingerprint density at radius 3 is 2.60 bits per heavy atom. The fourth-order valence-electron chi connectivity index (χ4n) is 0.769. The van der Waals surface area contributed by atoms with Crippen molar-refractivity contribution >= 4 is 5.91 Å². The lowest BCUT2D eigenvalue weighted by Crippen LogP contribution is -2.34. The minimum absolute atomic E-state index is 0.0324. The Hall–Kier alpha value is -0.610. The second-order valence-corrected chi connectivity index (χ2v) is 2.80. The maximum atomic E-state index is 10.6. The summed E-state index contributed by atoms with van der Waals surface area (Å²) in [6.45, 7) is 3.58. The monoisotopic (exact) mass is 145 g/mol. The van der Waals surface area contributed by atoms with Crippen LogP contribution in [0.4, 0.5) is 0 Å². The third-order valence-electron chi connectivity index (χ3n) is 1.66. The summed E-state index contributed by atoms with van der Waals surface area (Å²) in [5, 5.41) is 9.43. The number of rotatable bonds is 1.